The fourth-order valence-corrected chi connectivity index (χ4v) is 3.32. The summed E-state index contributed by atoms with van der Waals surface area (Å²) in [6, 6.07) is 2.39. The average Bonchev–Trinajstić information content (AvgIpc) is 2.80. The molecule has 0 spiro atoms. The van der Waals surface area contributed by atoms with E-state index in [4.69, 9.17) is 27.7 Å². The van der Waals surface area contributed by atoms with E-state index in [0.29, 0.717) is 12.0 Å². The molecule has 0 N–H and O–H groups in total. The first-order valence-corrected chi connectivity index (χ1v) is 6.94. The summed E-state index contributed by atoms with van der Waals surface area (Å²) in [5.41, 5.74) is 1.06. The lowest BCUT2D eigenvalue weighted by Gasteiger charge is -2.22. The average molecular weight is 275 g/mol. The van der Waals surface area contributed by atoms with E-state index in [1.165, 1.54) is 12.8 Å². The Kier molecular flexibility index (Phi) is 3.09. The highest BCUT2D eigenvalue weighted by molar-refractivity contribution is 6.50. The predicted molar refractivity (Wildman–Crippen MR) is 67.2 cm³/mol. The molecule has 2 aliphatic rings. The third-order valence-corrected chi connectivity index (χ3v) is 4.81. The Bertz CT molecular complexity index is 380. The van der Waals surface area contributed by atoms with Crippen LogP contribution in [-0.4, -0.2) is 27.5 Å². The highest BCUT2D eigenvalue weighted by Crippen LogP contribution is 2.55. The van der Waals surface area contributed by atoms with Gasteiger partial charge in [-0.25, -0.2) is 0 Å². The van der Waals surface area contributed by atoms with Crippen molar-refractivity contribution in [3.8, 4) is 0 Å². The molecule has 1 aromatic heterocycles. The van der Waals surface area contributed by atoms with Crippen molar-refractivity contribution in [2.75, 3.05) is 13.1 Å². The fourth-order valence-electron chi connectivity index (χ4n) is 2.73. The molecule has 0 amide bonds. The van der Waals surface area contributed by atoms with Gasteiger partial charge < -0.3 is 4.52 Å². The first kappa shape index (κ1) is 11.8. The monoisotopic (exact) mass is 274 g/mol. The van der Waals surface area contributed by atoms with Gasteiger partial charge in [0.2, 0.25) is 0 Å². The molecule has 3 nitrogen and oxygen atoms in total. The van der Waals surface area contributed by atoms with Gasteiger partial charge in [0.15, 0.2) is 0 Å². The van der Waals surface area contributed by atoms with Crippen molar-refractivity contribution in [1.82, 2.24) is 10.1 Å². The van der Waals surface area contributed by atoms with Crippen molar-refractivity contribution in [2.45, 2.75) is 36.1 Å². The standard InChI is InChI=1S/C12H16Cl2N2O/c13-12(14)8-9(12)3-6-16-5-1-2-11(16)10-4-7-17-15-10/h4,7,9,11H,1-3,5-6,8H2/t9?,11-/m1/s1. The van der Waals surface area contributed by atoms with Crippen LogP contribution in [0.1, 0.15) is 37.4 Å². The number of likely N-dealkylation sites (tertiary alicyclic amines) is 1. The summed E-state index contributed by atoms with van der Waals surface area (Å²) < 4.78 is 4.49. The second-order valence-electron chi connectivity index (χ2n) is 5.07. The minimum atomic E-state index is -0.441. The van der Waals surface area contributed by atoms with Gasteiger partial charge in [-0.05, 0) is 44.7 Å². The number of hydrogen-bond acceptors (Lipinski definition) is 3. The molecule has 3 rings (SSSR count). The van der Waals surface area contributed by atoms with E-state index in [1.54, 1.807) is 6.26 Å². The Labute approximate surface area is 111 Å². The molecule has 1 saturated carbocycles. The summed E-state index contributed by atoms with van der Waals surface area (Å²) in [6.45, 7) is 2.20. The molecule has 1 aromatic rings. The van der Waals surface area contributed by atoms with Gasteiger partial charge in [0, 0.05) is 6.07 Å². The molecule has 94 valence electrons. The van der Waals surface area contributed by atoms with Gasteiger partial charge in [-0.1, -0.05) is 5.16 Å². The Morgan fingerprint density at radius 2 is 2.35 bits per heavy atom. The lowest BCUT2D eigenvalue weighted by Crippen LogP contribution is -2.25. The molecular weight excluding hydrogens is 259 g/mol. The van der Waals surface area contributed by atoms with Gasteiger partial charge in [0.25, 0.3) is 0 Å². The molecule has 1 unspecified atom stereocenters. The van der Waals surface area contributed by atoms with E-state index in [9.17, 15) is 0 Å². The van der Waals surface area contributed by atoms with E-state index in [1.807, 2.05) is 6.07 Å². The number of nitrogens with zero attached hydrogens (tertiary/aromatic N) is 2. The second-order valence-corrected chi connectivity index (χ2v) is 6.61. The van der Waals surface area contributed by atoms with Gasteiger partial charge in [-0.2, -0.15) is 0 Å². The van der Waals surface area contributed by atoms with E-state index in [-0.39, 0.29) is 0 Å². The maximum absolute atomic E-state index is 6.05. The Balaban J connectivity index is 1.56. The van der Waals surface area contributed by atoms with Crippen LogP contribution >= 0.6 is 23.2 Å². The number of hydrogen-bond donors (Lipinski definition) is 0. The minimum absolute atomic E-state index is 0.424. The molecule has 17 heavy (non-hydrogen) atoms. The lowest BCUT2D eigenvalue weighted by atomic mass is 10.1. The zero-order valence-electron chi connectivity index (χ0n) is 9.61. The molecule has 0 bridgehead atoms. The zero-order chi connectivity index (χ0) is 11.9. The van der Waals surface area contributed by atoms with Gasteiger partial charge >= 0.3 is 0 Å². The molecule has 2 fully saturated rings. The van der Waals surface area contributed by atoms with Gasteiger partial charge in [-0.3, -0.25) is 4.90 Å². The molecule has 5 heteroatoms. The number of aromatic nitrogens is 1. The quantitative estimate of drug-likeness (QED) is 0.789. The van der Waals surface area contributed by atoms with Crippen molar-refractivity contribution < 1.29 is 4.52 Å². The van der Waals surface area contributed by atoms with Gasteiger partial charge in [0.1, 0.15) is 16.3 Å². The molecule has 1 aliphatic heterocycles. The number of halogens is 2. The van der Waals surface area contributed by atoms with Crippen LogP contribution in [0.3, 0.4) is 0 Å². The van der Waals surface area contributed by atoms with Crippen LogP contribution in [0, 0.1) is 5.92 Å². The summed E-state index contributed by atoms with van der Waals surface area (Å²) in [5.74, 6) is 0.476. The van der Waals surface area contributed by atoms with Crippen LogP contribution in [0.4, 0.5) is 0 Å². The van der Waals surface area contributed by atoms with Crippen molar-refractivity contribution in [2.24, 2.45) is 5.92 Å². The van der Waals surface area contributed by atoms with E-state index in [2.05, 4.69) is 10.1 Å². The van der Waals surface area contributed by atoms with Crippen molar-refractivity contribution in [3.63, 3.8) is 0 Å². The van der Waals surface area contributed by atoms with Crippen LogP contribution in [0.2, 0.25) is 0 Å². The normalized spacial score (nSPS) is 31.9. The number of rotatable bonds is 4. The summed E-state index contributed by atoms with van der Waals surface area (Å²) in [6.07, 6.45) is 6.08. The Morgan fingerprint density at radius 3 is 3.00 bits per heavy atom. The van der Waals surface area contributed by atoms with Crippen molar-refractivity contribution in [3.05, 3.63) is 18.0 Å². The largest absolute Gasteiger partial charge is 0.364 e. The second kappa shape index (κ2) is 4.45. The van der Waals surface area contributed by atoms with Crippen LogP contribution in [0.5, 0.6) is 0 Å². The fraction of sp³-hybridized carbons (Fsp3) is 0.750. The van der Waals surface area contributed by atoms with Crippen LogP contribution in [-0.2, 0) is 0 Å². The van der Waals surface area contributed by atoms with E-state index >= 15 is 0 Å². The van der Waals surface area contributed by atoms with Crippen LogP contribution < -0.4 is 0 Å². The molecule has 2 heterocycles. The Morgan fingerprint density at radius 1 is 1.53 bits per heavy atom. The smallest absolute Gasteiger partial charge is 0.124 e. The molecule has 1 aliphatic carbocycles. The molecular formula is C12H16Cl2N2O. The van der Waals surface area contributed by atoms with E-state index in [0.717, 1.165) is 31.6 Å². The molecule has 2 atom stereocenters. The maximum atomic E-state index is 6.05. The summed E-state index contributed by atoms with van der Waals surface area (Å²) in [5, 5.41) is 4.05. The lowest BCUT2D eigenvalue weighted by molar-refractivity contribution is 0.238. The van der Waals surface area contributed by atoms with Crippen molar-refractivity contribution in [1.29, 1.82) is 0 Å². The Hall–Kier alpha value is -0.250. The zero-order valence-corrected chi connectivity index (χ0v) is 11.1. The first-order chi connectivity index (χ1) is 8.17. The van der Waals surface area contributed by atoms with Crippen molar-refractivity contribution >= 4 is 23.2 Å². The minimum Gasteiger partial charge on any atom is -0.364 e. The summed E-state index contributed by atoms with van der Waals surface area (Å²) in [4.78, 5) is 2.47. The van der Waals surface area contributed by atoms with Crippen LogP contribution in [0.25, 0.3) is 0 Å². The predicted octanol–water partition coefficient (Wildman–Crippen LogP) is 3.40. The van der Waals surface area contributed by atoms with E-state index < -0.39 is 4.33 Å². The third kappa shape index (κ3) is 2.47. The highest BCUT2D eigenvalue weighted by atomic mass is 35.5. The van der Waals surface area contributed by atoms with Gasteiger partial charge in [-0.15, -0.1) is 23.2 Å². The van der Waals surface area contributed by atoms with Gasteiger partial charge in [0.05, 0.1) is 6.04 Å². The molecule has 0 aromatic carbocycles. The summed E-state index contributed by atoms with van der Waals surface area (Å²) >= 11 is 12.1. The topological polar surface area (TPSA) is 29.3 Å². The molecule has 0 radical (unpaired) electrons. The molecule has 1 saturated heterocycles. The maximum Gasteiger partial charge on any atom is 0.124 e. The third-order valence-electron chi connectivity index (χ3n) is 3.88. The number of alkyl halides is 2. The van der Waals surface area contributed by atoms with Crippen LogP contribution in [0.15, 0.2) is 16.9 Å². The first-order valence-electron chi connectivity index (χ1n) is 6.19. The SMILES string of the molecule is ClC1(Cl)CC1CCN1CCC[C@@H]1c1ccon1. The highest BCUT2D eigenvalue weighted by Gasteiger charge is 2.51. The summed E-state index contributed by atoms with van der Waals surface area (Å²) in [7, 11) is 0.